The van der Waals surface area contributed by atoms with Crippen LogP contribution in [-0.2, 0) is 4.74 Å². The minimum Gasteiger partial charge on any atom is -0.367 e. The van der Waals surface area contributed by atoms with Gasteiger partial charge in [-0.1, -0.05) is 48.5 Å². The summed E-state index contributed by atoms with van der Waals surface area (Å²) in [6.07, 6.45) is -0.498. The molecule has 0 fully saturated rings. The number of hydrogen-bond acceptors (Lipinski definition) is 3. The molecular weight excluding hydrogens is 369 g/mol. The lowest BCUT2D eigenvalue weighted by Gasteiger charge is -2.22. The van der Waals surface area contributed by atoms with Crippen LogP contribution in [0.25, 0.3) is 0 Å². The van der Waals surface area contributed by atoms with Crippen LogP contribution in [-0.4, -0.2) is 29.9 Å². The first kappa shape index (κ1) is 19.0. The maximum atomic E-state index is 13.8. The number of hydrogen-bond donors (Lipinski definition) is 0. The molecule has 5 heteroatoms. The molecule has 2 amide bonds. The van der Waals surface area contributed by atoms with Crippen LogP contribution in [0.1, 0.15) is 43.5 Å². The zero-order valence-electron chi connectivity index (χ0n) is 16.0. The molecule has 0 saturated carbocycles. The van der Waals surface area contributed by atoms with Gasteiger partial charge < -0.3 is 4.74 Å². The lowest BCUT2D eigenvalue weighted by molar-refractivity contribution is 0.0451. The Labute approximate surface area is 168 Å². The second kappa shape index (κ2) is 7.97. The predicted molar refractivity (Wildman–Crippen MR) is 107 cm³/mol. The third kappa shape index (κ3) is 3.69. The maximum Gasteiger partial charge on any atom is 0.261 e. The van der Waals surface area contributed by atoms with Crippen molar-refractivity contribution in [2.45, 2.75) is 13.0 Å². The molecular formula is C24H20FNO3. The summed E-state index contributed by atoms with van der Waals surface area (Å²) in [7, 11) is 0. The van der Waals surface area contributed by atoms with Gasteiger partial charge in [0.15, 0.2) is 0 Å². The Kier molecular flexibility index (Phi) is 5.23. The normalized spacial score (nSPS) is 14.2. The fourth-order valence-electron chi connectivity index (χ4n) is 3.62. The van der Waals surface area contributed by atoms with Crippen molar-refractivity contribution in [3.8, 4) is 0 Å². The first-order valence-electron chi connectivity index (χ1n) is 9.44. The Morgan fingerprint density at radius 3 is 2.21 bits per heavy atom. The number of nitrogens with zero attached hydrogens (tertiary/aromatic N) is 1. The SMILES string of the molecule is Cc1ccccc1C(OCCN1C(=O)c2ccccc2C1=O)c1cccc(F)c1. The fraction of sp³-hybridized carbons (Fsp3) is 0.167. The first-order valence-corrected chi connectivity index (χ1v) is 9.44. The van der Waals surface area contributed by atoms with Gasteiger partial charge in [0.25, 0.3) is 11.8 Å². The molecule has 0 aromatic heterocycles. The van der Waals surface area contributed by atoms with Gasteiger partial charge in [-0.3, -0.25) is 14.5 Å². The Bertz CT molecular complexity index is 1040. The van der Waals surface area contributed by atoms with Crippen molar-refractivity contribution in [3.63, 3.8) is 0 Å². The van der Waals surface area contributed by atoms with Gasteiger partial charge >= 0.3 is 0 Å². The lowest BCUT2D eigenvalue weighted by atomic mass is 9.97. The van der Waals surface area contributed by atoms with Gasteiger partial charge in [-0.25, -0.2) is 4.39 Å². The summed E-state index contributed by atoms with van der Waals surface area (Å²) in [4.78, 5) is 26.2. The molecule has 1 aliphatic rings. The van der Waals surface area contributed by atoms with Crippen molar-refractivity contribution in [3.05, 3.63) is 106 Å². The fourth-order valence-corrected chi connectivity index (χ4v) is 3.62. The van der Waals surface area contributed by atoms with Crippen molar-refractivity contribution in [1.29, 1.82) is 0 Å². The van der Waals surface area contributed by atoms with E-state index in [1.165, 1.54) is 17.0 Å². The van der Waals surface area contributed by atoms with Gasteiger partial charge in [-0.15, -0.1) is 0 Å². The van der Waals surface area contributed by atoms with E-state index in [2.05, 4.69) is 0 Å². The molecule has 1 unspecified atom stereocenters. The Hall–Kier alpha value is -3.31. The molecule has 3 aromatic rings. The number of carbonyl (C=O) groups is 2. The molecule has 1 heterocycles. The van der Waals surface area contributed by atoms with Crippen LogP contribution >= 0.6 is 0 Å². The number of amides is 2. The number of fused-ring (bicyclic) bond motifs is 1. The van der Waals surface area contributed by atoms with Crippen molar-refractivity contribution < 1.29 is 18.7 Å². The molecule has 0 saturated heterocycles. The summed E-state index contributed by atoms with van der Waals surface area (Å²) >= 11 is 0. The summed E-state index contributed by atoms with van der Waals surface area (Å²) < 4.78 is 19.9. The third-order valence-electron chi connectivity index (χ3n) is 5.10. The molecule has 0 aliphatic carbocycles. The van der Waals surface area contributed by atoms with Crippen LogP contribution in [0.5, 0.6) is 0 Å². The number of imide groups is 1. The van der Waals surface area contributed by atoms with E-state index in [1.54, 1.807) is 30.3 Å². The molecule has 0 bridgehead atoms. The van der Waals surface area contributed by atoms with E-state index in [-0.39, 0.29) is 30.8 Å². The average molecular weight is 389 g/mol. The summed E-state index contributed by atoms with van der Waals surface area (Å²) in [6.45, 7) is 2.24. The highest BCUT2D eigenvalue weighted by Gasteiger charge is 2.34. The summed E-state index contributed by atoms with van der Waals surface area (Å²) in [5, 5.41) is 0. The summed E-state index contributed by atoms with van der Waals surface area (Å²) in [5.41, 5.74) is 3.45. The number of benzene rings is 3. The van der Waals surface area contributed by atoms with Crippen LogP contribution in [0, 0.1) is 12.7 Å². The minimum absolute atomic E-state index is 0.129. The van der Waals surface area contributed by atoms with E-state index < -0.39 is 6.10 Å². The standard InChI is InChI=1S/C24H20FNO3/c1-16-7-2-3-10-19(16)22(17-8-6-9-18(25)15-17)29-14-13-26-23(27)20-11-4-5-12-21(20)24(26)28/h2-12,15,22H,13-14H2,1H3. The van der Waals surface area contributed by atoms with Crippen molar-refractivity contribution in [2.75, 3.05) is 13.2 Å². The number of carbonyl (C=O) groups excluding carboxylic acids is 2. The molecule has 4 nitrogen and oxygen atoms in total. The zero-order valence-corrected chi connectivity index (χ0v) is 16.0. The Morgan fingerprint density at radius 1 is 0.897 bits per heavy atom. The predicted octanol–water partition coefficient (Wildman–Crippen LogP) is 4.54. The van der Waals surface area contributed by atoms with Gasteiger partial charge in [-0.05, 0) is 47.9 Å². The first-order chi connectivity index (χ1) is 14.1. The van der Waals surface area contributed by atoms with E-state index in [9.17, 15) is 14.0 Å². The smallest absolute Gasteiger partial charge is 0.261 e. The highest BCUT2D eigenvalue weighted by Crippen LogP contribution is 2.29. The van der Waals surface area contributed by atoms with E-state index in [4.69, 9.17) is 4.74 Å². The molecule has 0 radical (unpaired) electrons. The molecule has 146 valence electrons. The van der Waals surface area contributed by atoms with Gasteiger partial charge in [0.1, 0.15) is 11.9 Å². The summed E-state index contributed by atoms with van der Waals surface area (Å²) in [6, 6.07) is 20.8. The van der Waals surface area contributed by atoms with Crippen LogP contribution in [0.4, 0.5) is 4.39 Å². The van der Waals surface area contributed by atoms with Crippen molar-refractivity contribution >= 4 is 11.8 Å². The van der Waals surface area contributed by atoms with Crippen LogP contribution in [0.2, 0.25) is 0 Å². The monoisotopic (exact) mass is 389 g/mol. The van der Waals surface area contributed by atoms with E-state index >= 15 is 0 Å². The lowest BCUT2D eigenvalue weighted by Crippen LogP contribution is -2.33. The summed E-state index contributed by atoms with van der Waals surface area (Å²) in [5.74, 6) is -0.968. The topological polar surface area (TPSA) is 46.6 Å². The molecule has 4 rings (SSSR count). The van der Waals surface area contributed by atoms with Gasteiger partial charge in [-0.2, -0.15) is 0 Å². The number of aryl methyl sites for hydroxylation is 1. The van der Waals surface area contributed by atoms with Gasteiger partial charge in [0, 0.05) is 0 Å². The average Bonchev–Trinajstić information content (AvgIpc) is 2.97. The van der Waals surface area contributed by atoms with Crippen molar-refractivity contribution in [1.82, 2.24) is 4.90 Å². The molecule has 3 aromatic carbocycles. The second-order valence-electron chi connectivity index (χ2n) is 6.97. The maximum absolute atomic E-state index is 13.8. The number of halogens is 1. The highest BCUT2D eigenvalue weighted by atomic mass is 19.1. The van der Waals surface area contributed by atoms with Gasteiger partial charge in [0.05, 0.1) is 24.3 Å². The number of ether oxygens (including phenoxy) is 1. The third-order valence-corrected chi connectivity index (χ3v) is 5.10. The van der Waals surface area contributed by atoms with Crippen LogP contribution in [0.15, 0.2) is 72.8 Å². The Balaban J connectivity index is 1.53. The van der Waals surface area contributed by atoms with E-state index in [1.807, 2.05) is 37.3 Å². The van der Waals surface area contributed by atoms with Crippen LogP contribution < -0.4 is 0 Å². The largest absolute Gasteiger partial charge is 0.367 e. The minimum atomic E-state index is -0.498. The Morgan fingerprint density at radius 2 is 1.55 bits per heavy atom. The van der Waals surface area contributed by atoms with Crippen molar-refractivity contribution in [2.24, 2.45) is 0 Å². The van der Waals surface area contributed by atoms with Crippen LogP contribution in [0.3, 0.4) is 0 Å². The molecule has 29 heavy (non-hydrogen) atoms. The van der Waals surface area contributed by atoms with E-state index in [0.29, 0.717) is 16.7 Å². The molecule has 0 spiro atoms. The molecule has 0 N–H and O–H groups in total. The van der Waals surface area contributed by atoms with E-state index in [0.717, 1.165) is 11.1 Å². The molecule has 1 atom stereocenters. The van der Waals surface area contributed by atoms with Gasteiger partial charge in [0.2, 0.25) is 0 Å². The highest BCUT2D eigenvalue weighted by molar-refractivity contribution is 6.21. The second-order valence-corrected chi connectivity index (χ2v) is 6.97. The number of rotatable bonds is 6. The quantitative estimate of drug-likeness (QED) is 0.582. The zero-order chi connectivity index (χ0) is 20.4. The molecule has 1 aliphatic heterocycles.